The number of ketones is 1. The van der Waals surface area contributed by atoms with E-state index in [2.05, 4.69) is 4.90 Å². The first kappa shape index (κ1) is 17.0. The fourth-order valence-corrected chi connectivity index (χ4v) is 3.36. The van der Waals surface area contributed by atoms with Gasteiger partial charge in [-0.25, -0.2) is 0 Å². The SMILES string of the molecule is CC(=O)c1ccc(N2CCC(OC(=O)CC3CCCO3)CC2)cc1. The smallest absolute Gasteiger partial charge is 0.308 e. The Morgan fingerprint density at radius 3 is 2.46 bits per heavy atom. The third-order valence-electron chi connectivity index (χ3n) is 4.80. The zero-order valence-electron chi connectivity index (χ0n) is 14.2. The number of benzene rings is 1. The molecule has 24 heavy (non-hydrogen) atoms. The van der Waals surface area contributed by atoms with E-state index in [4.69, 9.17) is 9.47 Å². The van der Waals surface area contributed by atoms with Gasteiger partial charge in [0, 0.05) is 43.8 Å². The number of ether oxygens (including phenoxy) is 2. The molecule has 0 aliphatic carbocycles. The van der Waals surface area contributed by atoms with Crippen LogP contribution in [0, 0.1) is 0 Å². The lowest BCUT2D eigenvalue weighted by molar-refractivity contribution is -0.152. The summed E-state index contributed by atoms with van der Waals surface area (Å²) in [5, 5.41) is 0. The molecule has 5 nitrogen and oxygen atoms in total. The molecule has 2 saturated heterocycles. The first-order valence-corrected chi connectivity index (χ1v) is 8.79. The maximum Gasteiger partial charge on any atom is 0.308 e. The Kier molecular flexibility index (Phi) is 5.51. The maximum atomic E-state index is 12.0. The van der Waals surface area contributed by atoms with Crippen molar-refractivity contribution in [3.8, 4) is 0 Å². The number of nitrogens with zero attached hydrogens (tertiary/aromatic N) is 1. The van der Waals surface area contributed by atoms with Gasteiger partial charge in [0.05, 0.1) is 12.5 Å². The Bertz CT molecular complexity index is 570. The lowest BCUT2D eigenvalue weighted by Crippen LogP contribution is -2.38. The molecule has 0 spiro atoms. The van der Waals surface area contributed by atoms with E-state index < -0.39 is 0 Å². The third-order valence-corrected chi connectivity index (χ3v) is 4.80. The average Bonchev–Trinajstić information content (AvgIpc) is 3.08. The number of Topliss-reactive ketones (excluding diaryl/α,β-unsaturated/α-hetero) is 1. The number of piperidine rings is 1. The summed E-state index contributed by atoms with van der Waals surface area (Å²) in [4.78, 5) is 25.6. The van der Waals surface area contributed by atoms with Gasteiger partial charge in [-0.2, -0.15) is 0 Å². The summed E-state index contributed by atoms with van der Waals surface area (Å²) >= 11 is 0. The van der Waals surface area contributed by atoms with Crippen molar-refractivity contribution in [3.05, 3.63) is 29.8 Å². The highest BCUT2D eigenvalue weighted by Gasteiger charge is 2.25. The van der Waals surface area contributed by atoms with Crippen LogP contribution >= 0.6 is 0 Å². The molecule has 0 saturated carbocycles. The molecule has 2 aliphatic heterocycles. The summed E-state index contributed by atoms with van der Waals surface area (Å²) in [5.41, 5.74) is 1.85. The van der Waals surface area contributed by atoms with Crippen LogP contribution in [0.3, 0.4) is 0 Å². The molecule has 130 valence electrons. The molecule has 2 heterocycles. The van der Waals surface area contributed by atoms with Crippen LogP contribution in [0.1, 0.15) is 49.4 Å². The Balaban J connectivity index is 1.45. The molecule has 1 aromatic carbocycles. The second-order valence-electron chi connectivity index (χ2n) is 6.62. The monoisotopic (exact) mass is 331 g/mol. The molecule has 0 N–H and O–H groups in total. The van der Waals surface area contributed by atoms with Gasteiger partial charge in [0.1, 0.15) is 6.10 Å². The number of carbonyl (C=O) groups is 2. The molecule has 1 atom stereocenters. The Morgan fingerprint density at radius 1 is 1.17 bits per heavy atom. The van der Waals surface area contributed by atoms with Crippen LogP contribution in [0.5, 0.6) is 0 Å². The van der Waals surface area contributed by atoms with E-state index in [0.717, 1.165) is 56.6 Å². The Hall–Kier alpha value is -1.88. The van der Waals surface area contributed by atoms with Gasteiger partial charge in [0.2, 0.25) is 0 Å². The summed E-state index contributed by atoms with van der Waals surface area (Å²) in [7, 11) is 0. The molecule has 0 bridgehead atoms. The summed E-state index contributed by atoms with van der Waals surface area (Å²) in [6, 6.07) is 7.71. The molecule has 0 radical (unpaired) electrons. The lowest BCUT2D eigenvalue weighted by Gasteiger charge is -2.33. The number of anilines is 1. The summed E-state index contributed by atoms with van der Waals surface area (Å²) < 4.78 is 11.1. The molecule has 2 fully saturated rings. The molecule has 1 aromatic rings. The van der Waals surface area contributed by atoms with E-state index in [1.165, 1.54) is 0 Å². The second kappa shape index (κ2) is 7.79. The van der Waals surface area contributed by atoms with Crippen molar-refractivity contribution in [2.45, 2.75) is 51.2 Å². The van der Waals surface area contributed by atoms with Gasteiger partial charge in [-0.3, -0.25) is 9.59 Å². The highest BCUT2D eigenvalue weighted by Crippen LogP contribution is 2.23. The van der Waals surface area contributed by atoms with Crippen molar-refractivity contribution in [2.24, 2.45) is 0 Å². The second-order valence-corrected chi connectivity index (χ2v) is 6.62. The fraction of sp³-hybridized carbons (Fsp3) is 0.579. The normalized spacial score (nSPS) is 21.7. The number of hydrogen-bond donors (Lipinski definition) is 0. The van der Waals surface area contributed by atoms with Crippen LogP contribution in [0.2, 0.25) is 0 Å². The van der Waals surface area contributed by atoms with E-state index in [-0.39, 0.29) is 24.0 Å². The van der Waals surface area contributed by atoms with Crippen LogP contribution in [0.25, 0.3) is 0 Å². The van der Waals surface area contributed by atoms with Crippen LogP contribution in [0.15, 0.2) is 24.3 Å². The molecular formula is C19H25NO4. The van der Waals surface area contributed by atoms with Gasteiger partial charge in [-0.15, -0.1) is 0 Å². The van der Waals surface area contributed by atoms with Gasteiger partial charge in [0.25, 0.3) is 0 Å². The minimum Gasteiger partial charge on any atom is -0.462 e. The van der Waals surface area contributed by atoms with E-state index in [1.54, 1.807) is 6.92 Å². The van der Waals surface area contributed by atoms with E-state index >= 15 is 0 Å². The van der Waals surface area contributed by atoms with Crippen molar-refractivity contribution in [2.75, 3.05) is 24.6 Å². The van der Waals surface area contributed by atoms with Crippen molar-refractivity contribution in [1.29, 1.82) is 0 Å². The number of esters is 1. The fourth-order valence-electron chi connectivity index (χ4n) is 3.36. The summed E-state index contributed by atoms with van der Waals surface area (Å²) in [6.45, 7) is 4.05. The largest absolute Gasteiger partial charge is 0.462 e. The van der Waals surface area contributed by atoms with Crippen LogP contribution in [0.4, 0.5) is 5.69 Å². The van der Waals surface area contributed by atoms with Crippen LogP contribution in [-0.4, -0.2) is 43.7 Å². The van der Waals surface area contributed by atoms with E-state index in [1.807, 2.05) is 24.3 Å². The highest BCUT2D eigenvalue weighted by molar-refractivity contribution is 5.94. The highest BCUT2D eigenvalue weighted by atomic mass is 16.5. The number of rotatable bonds is 5. The topological polar surface area (TPSA) is 55.8 Å². The van der Waals surface area contributed by atoms with Gasteiger partial charge in [-0.05, 0) is 44.0 Å². The van der Waals surface area contributed by atoms with Crippen molar-refractivity contribution in [3.63, 3.8) is 0 Å². The zero-order valence-corrected chi connectivity index (χ0v) is 14.2. The first-order chi connectivity index (χ1) is 11.6. The first-order valence-electron chi connectivity index (χ1n) is 8.79. The van der Waals surface area contributed by atoms with Crippen molar-refractivity contribution >= 4 is 17.4 Å². The van der Waals surface area contributed by atoms with Gasteiger partial charge in [-0.1, -0.05) is 0 Å². The molecule has 0 aromatic heterocycles. The number of carbonyl (C=O) groups excluding carboxylic acids is 2. The molecule has 2 aliphatic rings. The maximum absolute atomic E-state index is 12.0. The summed E-state index contributed by atoms with van der Waals surface area (Å²) in [6.07, 6.45) is 4.12. The van der Waals surface area contributed by atoms with Crippen LogP contribution in [-0.2, 0) is 14.3 Å². The molecule has 0 amide bonds. The zero-order chi connectivity index (χ0) is 16.9. The van der Waals surface area contributed by atoms with E-state index in [9.17, 15) is 9.59 Å². The molecule has 3 rings (SSSR count). The minimum atomic E-state index is -0.133. The average molecular weight is 331 g/mol. The van der Waals surface area contributed by atoms with Crippen LogP contribution < -0.4 is 4.90 Å². The Morgan fingerprint density at radius 2 is 1.88 bits per heavy atom. The predicted molar refractivity (Wildman–Crippen MR) is 91.4 cm³/mol. The van der Waals surface area contributed by atoms with Crippen molar-refractivity contribution in [1.82, 2.24) is 0 Å². The summed E-state index contributed by atoms with van der Waals surface area (Å²) in [5.74, 6) is -0.0513. The van der Waals surface area contributed by atoms with Gasteiger partial charge >= 0.3 is 5.97 Å². The third kappa shape index (κ3) is 4.35. The Labute approximate surface area is 142 Å². The van der Waals surface area contributed by atoms with E-state index in [0.29, 0.717) is 6.42 Å². The van der Waals surface area contributed by atoms with Gasteiger partial charge < -0.3 is 14.4 Å². The van der Waals surface area contributed by atoms with Gasteiger partial charge in [0.15, 0.2) is 5.78 Å². The molecule has 1 unspecified atom stereocenters. The predicted octanol–water partition coefficient (Wildman–Crippen LogP) is 2.97. The minimum absolute atomic E-state index is 0.00615. The standard InChI is InChI=1S/C19H25NO4/c1-14(21)15-4-6-16(7-5-15)20-10-8-17(9-11-20)24-19(22)13-18-3-2-12-23-18/h4-7,17-18H,2-3,8-13H2,1H3. The van der Waals surface area contributed by atoms with Crippen molar-refractivity contribution < 1.29 is 19.1 Å². The molecular weight excluding hydrogens is 306 g/mol. The number of hydrogen-bond acceptors (Lipinski definition) is 5. The quantitative estimate of drug-likeness (QED) is 0.613. The molecule has 5 heteroatoms. The lowest BCUT2D eigenvalue weighted by atomic mass is 10.1.